The first kappa shape index (κ1) is 22.3. The van der Waals surface area contributed by atoms with Gasteiger partial charge in [0.05, 0.1) is 27.8 Å². The number of hydrogen-bond donors (Lipinski definition) is 0. The van der Waals surface area contributed by atoms with Crippen LogP contribution in [0.5, 0.6) is 0 Å². The lowest BCUT2D eigenvalue weighted by molar-refractivity contribution is 1.11. The van der Waals surface area contributed by atoms with Crippen molar-refractivity contribution in [3.8, 4) is 16.8 Å². The molecule has 0 amide bonds. The maximum absolute atomic E-state index is 5.06. The number of para-hydroxylation sites is 2. The number of nitrogens with zero attached hydrogens (tertiary/aromatic N) is 3. The minimum atomic E-state index is 0.885. The van der Waals surface area contributed by atoms with E-state index in [0.29, 0.717) is 0 Å². The Balaban J connectivity index is 1.68. The average Bonchev–Trinajstić information content (AvgIpc) is 3.43. The van der Waals surface area contributed by atoms with Gasteiger partial charge in [0.2, 0.25) is 5.78 Å². The van der Waals surface area contributed by atoms with Crippen LogP contribution in [-0.4, -0.2) is 14.0 Å². The molecular formula is C32H24BrN3. The fourth-order valence-electron chi connectivity index (χ4n) is 4.73. The Labute approximate surface area is 218 Å². The zero-order valence-corrected chi connectivity index (χ0v) is 21.5. The van der Waals surface area contributed by atoms with Crippen LogP contribution in [0.1, 0.15) is 12.5 Å². The van der Waals surface area contributed by atoms with Crippen molar-refractivity contribution in [2.45, 2.75) is 6.92 Å². The average molecular weight is 530 g/mol. The first-order chi connectivity index (χ1) is 17.6. The zero-order valence-electron chi connectivity index (χ0n) is 19.9. The van der Waals surface area contributed by atoms with Crippen LogP contribution in [0, 0.1) is 0 Å². The van der Waals surface area contributed by atoms with Crippen molar-refractivity contribution < 1.29 is 0 Å². The van der Waals surface area contributed by atoms with E-state index in [2.05, 4.69) is 116 Å². The number of hydrogen-bond acceptors (Lipinski definition) is 1. The molecule has 0 bridgehead atoms. The van der Waals surface area contributed by atoms with Gasteiger partial charge < -0.3 is 0 Å². The molecule has 0 N–H and O–H groups in total. The normalized spacial score (nSPS) is 12.1. The maximum atomic E-state index is 5.06. The summed E-state index contributed by atoms with van der Waals surface area (Å²) in [5, 5.41) is 0. The van der Waals surface area contributed by atoms with Crippen LogP contribution in [0.2, 0.25) is 0 Å². The molecule has 0 fully saturated rings. The lowest BCUT2D eigenvalue weighted by Crippen LogP contribution is -1.98. The molecule has 174 valence electrons. The van der Waals surface area contributed by atoms with Crippen molar-refractivity contribution in [2.75, 3.05) is 0 Å². The van der Waals surface area contributed by atoms with Gasteiger partial charge in [0.15, 0.2) is 0 Å². The summed E-state index contributed by atoms with van der Waals surface area (Å²) in [4.78, 5) is 5.06. The van der Waals surface area contributed by atoms with Gasteiger partial charge in [0.25, 0.3) is 0 Å². The number of imidazole rings is 2. The molecule has 6 rings (SSSR count). The standard InChI is InChI=1S/C32H24BrN3/c1-3-4-6-11-22(2)24-18-25(23-12-7-5-8-13-23)20-27(19-24)35-31-21-26(33)16-17-30(31)36-29-15-10-9-14-28(29)34-32(35)36/h3-21H,2H2,1H3/b4-3-,11-6-. The molecule has 4 heteroatoms. The van der Waals surface area contributed by atoms with Crippen LogP contribution < -0.4 is 0 Å². The van der Waals surface area contributed by atoms with Crippen LogP contribution in [0.4, 0.5) is 0 Å². The van der Waals surface area contributed by atoms with Crippen molar-refractivity contribution >= 4 is 49.3 Å². The second-order valence-corrected chi connectivity index (χ2v) is 9.66. The molecule has 2 heterocycles. The highest BCUT2D eigenvalue weighted by Gasteiger charge is 2.18. The summed E-state index contributed by atoms with van der Waals surface area (Å²) in [6.45, 7) is 6.38. The number of rotatable bonds is 5. The number of aromatic nitrogens is 3. The Kier molecular flexibility index (Phi) is 5.67. The minimum Gasteiger partial charge on any atom is -0.278 e. The van der Waals surface area contributed by atoms with Crippen molar-refractivity contribution in [3.05, 3.63) is 132 Å². The van der Waals surface area contributed by atoms with Gasteiger partial charge in [-0.25, -0.2) is 4.98 Å². The van der Waals surface area contributed by atoms with Gasteiger partial charge in [-0.1, -0.05) is 89.3 Å². The molecule has 0 atom stereocenters. The summed E-state index contributed by atoms with van der Waals surface area (Å²) < 4.78 is 5.52. The molecule has 0 radical (unpaired) electrons. The van der Waals surface area contributed by atoms with Gasteiger partial charge in [-0.05, 0) is 77.7 Å². The van der Waals surface area contributed by atoms with Crippen LogP contribution in [-0.2, 0) is 0 Å². The number of allylic oxidation sites excluding steroid dienone is 5. The second-order valence-electron chi connectivity index (χ2n) is 8.75. The Morgan fingerprint density at radius 2 is 1.61 bits per heavy atom. The molecule has 2 aromatic heterocycles. The summed E-state index contributed by atoms with van der Waals surface area (Å²) in [5.74, 6) is 0.885. The van der Waals surface area contributed by atoms with Crippen molar-refractivity contribution in [1.82, 2.24) is 14.0 Å². The maximum Gasteiger partial charge on any atom is 0.220 e. The van der Waals surface area contributed by atoms with E-state index in [4.69, 9.17) is 4.98 Å². The Morgan fingerprint density at radius 3 is 2.44 bits per heavy atom. The minimum absolute atomic E-state index is 0.885. The SMILES string of the molecule is C=C(/C=C\C=C/C)c1cc(-c2ccccc2)cc(-n2c3cc(Br)ccc3n3c4ccccc4nc23)c1. The predicted octanol–water partition coefficient (Wildman–Crippen LogP) is 9.01. The molecule has 0 saturated heterocycles. The van der Waals surface area contributed by atoms with E-state index in [1.165, 1.54) is 0 Å². The van der Waals surface area contributed by atoms with Gasteiger partial charge >= 0.3 is 0 Å². The first-order valence-electron chi connectivity index (χ1n) is 11.9. The topological polar surface area (TPSA) is 22.2 Å². The molecule has 0 unspecified atom stereocenters. The van der Waals surface area contributed by atoms with E-state index in [1.54, 1.807) is 0 Å². The lowest BCUT2D eigenvalue weighted by Gasteiger charge is -2.13. The van der Waals surface area contributed by atoms with E-state index < -0.39 is 0 Å². The molecule has 0 aliphatic rings. The van der Waals surface area contributed by atoms with E-state index >= 15 is 0 Å². The second kappa shape index (κ2) is 9.14. The number of fused-ring (bicyclic) bond motifs is 5. The van der Waals surface area contributed by atoms with Gasteiger partial charge in [-0.3, -0.25) is 8.97 Å². The number of benzene rings is 4. The first-order valence-corrected chi connectivity index (χ1v) is 12.7. The third-order valence-corrected chi connectivity index (χ3v) is 6.91. The molecule has 4 aromatic carbocycles. The third kappa shape index (κ3) is 3.80. The van der Waals surface area contributed by atoms with E-state index in [1.807, 2.05) is 37.3 Å². The largest absolute Gasteiger partial charge is 0.278 e. The molecule has 6 aromatic rings. The van der Waals surface area contributed by atoms with Gasteiger partial charge in [-0.2, -0.15) is 0 Å². The quantitative estimate of drug-likeness (QED) is 0.204. The highest BCUT2D eigenvalue weighted by molar-refractivity contribution is 9.10. The monoisotopic (exact) mass is 529 g/mol. The number of halogens is 1. The predicted molar refractivity (Wildman–Crippen MR) is 156 cm³/mol. The molecule has 0 spiro atoms. The van der Waals surface area contributed by atoms with E-state index in [-0.39, 0.29) is 0 Å². The Morgan fingerprint density at radius 1 is 0.806 bits per heavy atom. The molecule has 0 aliphatic carbocycles. The van der Waals surface area contributed by atoms with Crippen LogP contribution in [0.3, 0.4) is 0 Å². The molecule has 3 nitrogen and oxygen atoms in total. The van der Waals surface area contributed by atoms with Crippen molar-refractivity contribution in [2.24, 2.45) is 0 Å². The summed E-state index contributed by atoms with van der Waals surface area (Å²) in [6.07, 6.45) is 8.11. The molecule has 36 heavy (non-hydrogen) atoms. The fourth-order valence-corrected chi connectivity index (χ4v) is 5.08. The highest BCUT2D eigenvalue weighted by Crippen LogP contribution is 2.34. The van der Waals surface area contributed by atoms with Gasteiger partial charge in [0.1, 0.15) is 0 Å². The zero-order chi connectivity index (χ0) is 24.6. The summed E-state index contributed by atoms with van der Waals surface area (Å²) in [7, 11) is 0. The van der Waals surface area contributed by atoms with Gasteiger partial charge in [-0.15, -0.1) is 0 Å². The van der Waals surface area contributed by atoms with Crippen LogP contribution in [0.15, 0.2) is 126 Å². The van der Waals surface area contributed by atoms with Gasteiger partial charge in [0, 0.05) is 4.47 Å². The smallest absolute Gasteiger partial charge is 0.220 e. The summed E-state index contributed by atoms with van der Waals surface area (Å²) in [5.41, 5.74) is 9.63. The van der Waals surface area contributed by atoms with Crippen LogP contribution in [0.25, 0.3) is 50.2 Å². The molecule has 0 aliphatic heterocycles. The lowest BCUT2D eigenvalue weighted by atomic mass is 9.98. The Hall–Kier alpha value is -4.15. The molecule has 0 saturated carbocycles. The van der Waals surface area contributed by atoms with E-state index in [9.17, 15) is 0 Å². The van der Waals surface area contributed by atoms with Crippen molar-refractivity contribution in [1.29, 1.82) is 0 Å². The summed E-state index contributed by atoms with van der Waals surface area (Å²) >= 11 is 3.69. The summed E-state index contributed by atoms with van der Waals surface area (Å²) in [6, 6.07) is 31.8. The third-order valence-electron chi connectivity index (χ3n) is 6.42. The fraction of sp³-hybridized carbons (Fsp3) is 0.0312. The van der Waals surface area contributed by atoms with Crippen molar-refractivity contribution in [3.63, 3.8) is 0 Å². The van der Waals surface area contributed by atoms with Crippen LogP contribution >= 0.6 is 15.9 Å². The molecular weight excluding hydrogens is 506 g/mol. The Bertz CT molecular complexity index is 1820. The van der Waals surface area contributed by atoms with E-state index in [0.717, 1.165) is 60.3 Å². The highest BCUT2D eigenvalue weighted by atomic mass is 79.9.